The van der Waals surface area contributed by atoms with Gasteiger partial charge in [-0.3, -0.25) is 9.59 Å². The number of carbonyl (C=O) groups is 2. The molecule has 0 unspecified atom stereocenters. The first-order valence-corrected chi connectivity index (χ1v) is 8.02. The van der Waals surface area contributed by atoms with E-state index in [-0.39, 0.29) is 5.91 Å². The number of hydrogen-bond acceptors (Lipinski definition) is 4. The minimum atomic E-state index is -0.516. The highest BCUT2D eigenvalue weighted by Crippen LogP contribution is 2.32. The molecular formula is C16H17N3O2S. The second-order valence-corrected chi connectivity index (χ2v) is 6.54. The summed E-state index contributed by atoms with van der Waals surface area (Å²) in [5.41, 5.74) is 6.79. The maximum Gasteiger partial charge on any atom is 0.274 e. The Morgan fingerprint density at radius 1 is 1.32 bits per heavy atom. The summed E-state index contributed by atoms with van der Waals surface area (Å²) < 4.78 is 0. The maximum absolute atomic E-state index is 12.8. The summed E-state index contributed by atoms with van der Waals surface area (Å²) in [6, 6.07) is 9.20. The van der Waals surface area contributed by atoms with Gasteiger partial charge in [0.05, 0.1) is 9.88 Å². The fourth-order valence-electron chi connectivity index (χ4n) is 2.80. The van der Waals surface area contributed by atoms with Gasteiger partial charge in [-0.25, -0.2) is 4.98 Å². The largest absolute Gasteiger partial charge is 0.368 e. The van der Waals surface area contributed by atoms with Crippen LogP contribution in [0.25, 0.3) is 10.4 Å². The van der Waals surface area contributed by atoms with Gasteiger partial charge in [-0.2, -0.15) is 0 Å². The monoisotopic (exact) mass is 315 g/mol. The van der Waals surface area contributed by atoms with Crippen LogP contribution in [0.15, 0.2) is 30.3 Å². The number of likely N-dealkylation sites (tertiary alicyclic amines) is 1. The van der Waals surface area contributed by atoms with Gasteiger partial charge in [0.15, 0.2) is 0 Å². The lowest BCUT2D eigenvalue weighted by atomic mass is 10.1. The third-order valence-corrected chi connectivity index (χ3v) is 4.83. The quantitative estimate of drug-likeness (QED) is 0.943. The number of amides is 2. The number of hydrogen-bond donors (Lipinski definition) is 1. The summed E-state index contributed by atoms with van der Waals surface area (Å²) in [5.74, 6) is -0.649. The lowest BCUT2D eigenvalue weighted by Gasteiger charge is -2.21. The van der Waals surface area contributed by atoms with E-state index in [0.717, 1.165) is 21.9 Å². The minimum absolute atomic E-state index is 0.204. The van der Waals surface area contributed by atoms with Crippen molar-refractivity contribution in [2.45, 2.75) is 25.8 Å². The highest BCUT2D eigenvalue weighted by atomic mass is 32.1. The fraction of sp³-hybridized carbons (Fsp3) is 0.312. The molecule has 0 bridgehead atoms. The molecule has 6 heteroatoms. The summed E-state index contributed by atoms with van der Waals surface area (Å²) in [5, 5.41) is 0.831. The van der Waals surface area contributed by atoms with Crippen LogP contribution >= 0.6 is 11.3 Å². The van der Waals surface area contributed by atoms with E-state index in [1.165, 1.54) is 11.3 Å². The number of nitrogens with zero attached hydrogens (tertiary/aromatic N) is 2. The Bertz CT molecular complexity index is 711. The standard InChI is InChI=1S/C16H17N3O2S/c1-10-18-13(14(22-10)11-6-3-2-4-7-11)16(21)19-9-5-8-12(19)15(17)20/h2-4,6-7,12H,5,8-9H2,1H3,(H2,17,20)/t12-/m0/s1. The molecule has 1 aliphatic rings. The van der Waals surface area contributed by atoms with E-state index in [4.69, 9.17) is 5.73 Å². The van der Waals surface area contributed by atoms with E-state index in [2.05, 4.69) is 4.98 Å². The van der Waals surface area contributed by atoms with Crippen LogP contribution in [0.3, 0.4) is 0 Å². The Balaban J connectivity index is 1.98. The van der Waals surface area contributed by atoms with E-state index in [0.29, 0.717) is 18.7 Å². The van der Waals surface area contributed by atoms with Gasteiger partial charge in [-0.1, -0.05) is 30.3 Å². The van der Waals surface area contributed by atoms with Crippen LogP contribution in [0.5, 0.6) is 0 Å². The zero-order valence-corrected chi connectivity index (χ0v) is 13.1. The Hall–Kier alpha value is -2.21. The molecule has 114 valence electrons. The number of primary amides is 1. The molecule has 2 N–H and O–H groups in total. The fourth-order valence-corrected chi connectivity index (χ4v) is 3.71. The van der Waals surface area contributed by atoms with Gasteiger partial charge in [0.25, 0.3) is 5.91 Å². The highest BCUT2D eigenvalue weighted by Gasteiger charge is 2.35. The van der Waals surface area contributed by atoms with E-state index in [1.54, 1.807) is 4.90 Å². The van der Waals surface area contributed by atoms with Gasteiger partial charge in [0.1, 0.15) is 11.7 Å². The Morgan fingerprint density at radius 3 is 2.73 bits per heavy atom. The number of benzene rings is 1. The van der Waals surface area contributed by atoms with E-state index in [9.17, 15) is 9.59 Å². The van der Waals surface area contributed by atoms with Crippen LogP contribution in [-0.4, -0.2) is 34.3 Å². The molecular weight excluding hydrogens is 298 g/mol. The van der Waals surface area contributed by atoms with Crippen molar-refractivity contribution in [2.75, 3.05) is 6.54 Å². The van der Waals surface area contributed by atoms with Crippen molar-refractivity contribution in [3.05, 3.63) is 41.0 Å². The second kappa shape index (κ2) is 5.88. The van der Waals surface area contributed by atoms with Crippen molar-refractivity contribution in [1.29, 1.82) is 0 Å². The molecule has 3 rings (SSSR count). The Labute approximate surface area is 132 Å². The minimum Gasteiger partial charge on any atom is -0.368 e. The summed E-state index contributed by atoms with van der Waals surface area (Å²) in [7, 11) is 0. The lowest BCUT2D eigenvalue weighted by molar-refractivity contribution is -0.121. The van der Waals surface area contributed by atoms with Crippen molar-refractivity contribution in [3.8, 4) is 10.4 Å². The normalized spacial score (nSPS) is 17.7. The van der Waals surface area contributed by atoms with Gasteiger partial charge in [0.2, 0.25) is 5.91 Å². The molecule has 1 aliphatic heterocycles. The first kappa shape index (κ1) is 14.7. The number of thiazole rings is 1. The molecule has 0 saturated carbocycles. The van der Waals surface area contributed by atoms with E-state index in [1.807, 2.05) is 37.3 Å². The molecule has 0 radical (unpaired) electrons. The highest BCUT2D eigenvalue weighted by molar-refractivity contribution is 7.15. The number of aryl methyl sites for hydroxylation is 1. The first-order valence-electron chi connectivity index (χ1n) is 7.21. The van der Waals surface area contributed by atoms with Gasteiger partial charge >= 0.3 is 0 Å². The second-order valence-electron chi connectivity index (χ2n) is 5.34. The topological polar surface area (TPSA) is 76.3 Å². The van der Waals surface area contributed by atoms with Gasteiger partial charge < -0.3 is 10.6 Å². The van der Waals surface area contributed by atoms with E-state index >= 15 is 0 Å². The summed E-state index contributed by atoms with van der Waals surface area (Å²) >= 11 is 1.49. The number of nitrogens with two attached hydrogens (primary N) is 1. The van der Waals surface area contributed by atoms with Crippen LogP contribution in [0.1, 0.15) is 28.3 Å². The molecule has 5 nitrogen and oxygen atoms in total. The molecule has 1 aromatic heterocycles. The molecule has 1 fully saturated rings. The summed E-state index contributed by atoms with van der Waals surface area (Å²) in [6.45, 7) is 2.43. The van der Waals surface area contributed by atoms with Crippen LogP contribution in [-0.2, 0) is 4.79 Å². The predicted octanol–water partition coefficient (Wildman–Crippen LogP) is 2.21. The van der Waals surface area contributed by atoms with E-state index < -0.39 is 11.9 Å². The van der Waals surface area contributed by atoms with Crippen molar-refractivity contribution >= 4 is 23.2 Å². The Kier molecular flexibility index (Phi) is 3.94. The van der Waals surface area contributed by atoms with Crippen molar-refractivity contribution in [3.63, 3.8) is 0 Å². The number of rotatable bonds is 3. The molecule has 0 spiro atoms. The lowest BCUT2D eigenvalue weighted by Crippen LogP contribution is -2.43. The smallest absolute Gasteiger partial charge is 0.274 e. The molecule has 22 heavy (non-hydrogen) atoms. The zero-order valence-electron chi connectivity index (χ0n) is 12.3. The summed E-state index contributed by atoms with van der Waals surface area (Å²) in [6.07, 6.45) is 1.42. The third-order valence-electron chi connectivity index (χ3n) is 3.81. The first-order chi connectivity index (χ1) is 10.6. The number of carbonyl (C=O) groups excluding carboxylic acids is 2. The predicted molar refractivity (Wildman–Crippen MR) is 85.5 cm³/mol. The number of aromatic nitrogens is 1. The average Bonchev–Trinajstić information content (AvgIpc) is 3.14. The van der Waals surface area contributed by atoms with Crippen LogP contribution in [0.4, 0.5) is 0 Å². The van der Waals surface area contributed by atoms with Crippen LogP contribution in [0.2, 0.25) is 0 Å². The van der Waals surface area contributed by atoms with Gasteiger partial charge in [-0.05, 0) is 25.3 Å². The van der Waals surface area contributed by atoms with Crippen molar-refractivity contribution < 1.29 is 9.59 Å². The molecule has 2 heterocycles. The van der Waals surface area contributed by atoms with Gasteiger partial charge in [0, 0.05) is 6.54 Å². The molecule has 1 saturated heterocycles. The van der Waals surface area contributed by atoms with Crippen LogP contribution in [0, 0.1) is 6.92 Å². The maximum atomic E-state index is 12.8. The SMILES string of the molecule is Cc1nc(C(=O)N2CCC[C@H]2C(N)=O)c(-c2ccccc2)s1. The van der Waals surface area contributed by atoms with Crippen molar-refractivity contribution in [1.82, 2.24) is 9.88 Å². The molecule has 1 atom stereocenters. The summed E-state index contributed by atoms with van der Waals surface area (Å²) in [4.78, 5) is 31.2. The molecule has 0 aliphatic carbocycles. The van der Waals surface area contributed by atoms with Crippen LogP contribution < -0.4 is 5.73 Å². The molecule has 2 amide bonds. The third kappa shape index (κ3) is 2.62. The van der Waals surface area contributed by atoms with Gasteiger partial charge in [-0.15, -0.1) is 11.3 Å². The zero-order chi connectivity index (χ0) is 15.7. The van der Waals surface area contributed by atoms with Crippen molar-refractivity contribution in [2.24, 2.45) is 5.73 Å². The Morgan fingerprint density at radius 2 is 2.05 bits per heavy atom. The average molecular weight is 315 g/mol. The molecule has 2 aromatic rings. The molecule has 1 aromatic carbocycles.